The summed E-state index contributed by atoms with van der Waals surface area (Å²) in [4.78, 5) is 28.6. The molecule has 0 aliphatic carbocycles. The zero-order chi connectivity index (χ0) is 26.5. The second-order valence-electron chi connectivity index (χ2n) is 8.24. The van der Waals surface area contributed by atoms with E-state index in [9.17, 15) is 9.59 Å². The van der Waals surface area contributed by atoms with Crippen LogP contribution in [0.1, 0.15) is 23.6 Å². The minimum absolute atomic E-state index is 0.172. The Kier molecular flexibility index (Phi) is 8.99. The molecule has 0 bridgehead atoms. The molecule has 0 unspecified atom stereocenters. The van der Waals surface area contributed by atoms with E-state index in [2.05, 4.69) is 45.4 Å². The SMILES string of the molecule is CCc1ccc(N2C(=O)/C(=C/c3ccc(OCc4ccc(I)cc4)c(Br)c3)N(CC(=O)OC)C2=S)cc1. The van der Waals surface area contributed by atoms with Gasteiger partial charge in [-0.25, -0.2) is 0 Å². The van der Waals surface area contributed by atoms with Crippen molar-refractivity contribution in [2.75, 3.05) is 18.6 Å². The molecule has 4 rings (SSSR count). The molecule has 0 aromatic heterocycles. The molecule has 9 heteroatoms. The molecule has 3 aromatic rings. The average Bonchev–Trinajstić information content (AvgIpc) is 3.13. The second kappa shape index (κ2) is 12.2. The van der Waals surface area contributed by atoms with Crippen molar-refractivity contribution in [3.8, 4) is 5.75 Å². The van der Waals surface area contributed by atoms with Crippen LogP contribution in [-0.4, -0.2) is 35.5 Å². The smallest absolute Gasteiger partial charge is 0.325 e. The molecule has 1 fully saturated rings. The van der Waals surface area contributed by atoms with Crippen LogP contribution in [0.4, 0.5) is 5.69 Å². The highest BCUT2D eigenvalue weighted by Gasteiger charge is 2.40. The Bertz CT molecular complexity index is 1360. The standard InChI is InChI=1S/C28H24BrIN2O4S/c1-3-18-6-11-22(12-7-18)32-27(34)24(31(28(32)37)16-26(33)35-2)15-20-8-13-25(23(29)14-20)36-17-19-4-9-21(30)10-5-19/h4-15H,3,16-17H2,1-2H3/b24-15-. The third kappa shape index (κ3) is 6.39. The van der Waals surface area contributed by atoms with Gasteiger partial charge in [-0.3, -0.25) is 14.5 Å². The number of amides is 1. The Morgan fingerprint density at radius 2 is 1.73 bits per heavy atom. The van der Waals surface area contributed by atoms with E-state index in [1.54, 1.807) is 6.08 Å². The number of anilines is 1. The van der Waals surface area contributed by atoms with Gasteiger partial charge in [0, 0.05) is 3.57 Å². The molecule has 1 aliphatic rings. The first-order valence-corrected chi connectivity index (χ1v) is 13.8. The number of rotatable bonds is 8. The maximum Gasteiger partial charge on any atom is 0.325 e. The van der Waals surface area contributed by atoms with Crippen molar-refractivity contribution in [2.24, 2.45) is 0 Å². The summed E-state index contributed by atoms with van der Waals surface area (Å²) < 4.78 is 12.7. The Hall–Kier alpha value is -2.76. The summed E-state index contributed by atoms with van der Waals surface area (Å²) in [6, 6.07) is 21.3. The highest BCUT2D eigenvalue weighted by atomic mass is 127. The van der Waals surface area contributed by atoms with Crippen LogP contribution in [0.15, 0.2) is 76.9 Å². The molecule has 0 radical (unpaired) electrons. The van der Waals surface area contributed by atoms with Crippen LogP contribution in [0.2, 0.25) is 0 Å². The first kappa shape index (κ1) is 27.3. The molecule has 1 heterocycles. The summed E-state index contributed by atoms with van der Waals surface area (Å²) in [5.41, 5.74) is 3.89. The summed E-state index contributed by atoms with van der Waals surface area (Å²) >= 11 is 11.5. The number of hydrogen-bond acceptors (Lipinski definition) is 5. The minimum Gasteiger partial charge on any atom is -0.488 e. The lowest BCUT2D eigenvalue weighted by Crippen LogP contribution is -2.35. The largest absolute Gasteiger partial charge is 0.488 e. The Morgan fingerprint density at radius 3 is 2.35 bits per heavy atom. The molecular formula is C28H24BrIN2O4S. The molecule has 1 amide bonds. The summed E-state index contributed by atoms with van der Waals surface area (Å²) in [5, 5.41) is 0.224. The van der Waals surface area contributed by atoms with Gasteiger partial charge in [-0.1, -0.05) is 37.3 Å². The van der Waals surface area contributed by atoms with E-state index in [4.69, 9.17) is 21.7 Å². The Balaban J connectivity index is 1.60. The predicted octanol–water partition coefficient (Wildman–Crippen LogP) is 6.34. The topological polar surface area (TPSA) is 59.1 Å². The van der Waals surface area contributed by atoms with Gasteiger partial charge in [-0.15, -0.1) is 0 Å². The number of aryl methyl sites for hydroxylation is 1. The normalized spacial score (nSPS) is 14.4. The van der Waals surface area contributed by atoms with Gasteiger partial charge in [0.25, 0.3) is 5.91 Å². The summed E-state index contributed by atoms with van der Waals surface area (Å²) in [7, 11) is 1.31. The van der Waals surface area contributed by atoms with Crippen LogP contribution < -0.4 is 9.64 Å². The fraction of sp³-hybridized carbons (Fsp3) is 0.179. The average molecular weight is 691 g/mol. The number of hydrogen-bond donors (Lipinski definition) is 0. The number of esters is 1. The van der Waals surface area contributed by atoms with Crippen LogP contribution in [0.5, 0.6) is 5.75 Å². The van der Waals surface area contributed by atoms with Crippen molar-refractivity contribution in [1.29, 1.82) is 0 Å². The number of carbonyl (C=O) groups is 2. The molecule has 1 aliphatic heterocycles. The van der Waals surface area contributed by atoms with Crippen LogP contribution in [-0.2, 0) is 27.4 Å². The van der Waals surface area contributed by atoms with Crippen LogP contribution in [0.3, 0.4) is 0 Å². The number of nitrogens with zero attached hydrogens (tertiary/aromatic N) is 2. The zero-order valence-corrected chi connectivity index (χ0v) is 24.8. The number of carbonyl (C=O) groups excluding carboxylic acids is 2. The Labute approximate surface area is 243 Å². The van der Waals surface area contributed by atoms with Gasteiger partial charge in [0.1, 0.15) is 24.6 Å². The third-order valence-corrected chi connectivity index (χ3v) is 7.56. The summed E-state index contributed by atoms with van der Waals surface area (Å²) in [6.45, 7) is 2.33. The third-order valence-electron chi connectivity index (χ3n) is 5.82. The lowest BCUT2D eigenvalue weighted by Gasteiger charge is -2.19. The number of halogens is 2. The minimum atomic E-state index is -0.496. The summed E-state index contributed by atoms with van der Waals surface area (Å²) in [6.07, 6.45) is 2.60. The van der Waals surface area contributed by atoms with E-state index in [1.165, 1.54) is 20.5 Å². The second-order valence-corrected chi connectivity index (χ2v) is 10.7. The van der Waals surface area contributed by atoms with Crippen molar-refractivity contribution in [3.05, 3.63) is 97.2 Å². The van der Waals surface area contributed by atoms with Gasteiger partial charge in [0.2, 0.25) is 0 Å². The number of thiocarbonyl (C=S) groups is 1. The van der Waals surface area contributed by atoms with E-state index >= 15 is 0 Å². The van der Waals surface area contributed by atoms with Gasteiger partial charge in [-0.05, 0) is 116 Å². The lowest BCUT2D eigenvalue weighted by molar-refractivity contribution is -0.140. The van der Waals surface area contributed by atoms with E-state index < -0.39 is 5.97 Å². The zero-order valence-electron chi connectivity index (χ0n) is 20.2. The van der Waals surface area contributed by atoms with E-state index in [0.29, 0.717) is 18.0 Å². The van der Waals surface area contributed by atoms with Gasteiger partial charge < -0.3 is 14.4 Å². The van der Waals surface area contributed by atoms with Crippen LogP contribution >= 0.6 is 50.7 Å². The molecule has 37 heavy (non-hydrogen) atoms. The number of methoxy groups -OCH3 is 1. The van der Waals surface area contributed by atoms with Gasteiger partial charge in [0.05, 0.1) is 17.3 Å². The molecule has 1 saturated heterocycles. The van der Waals surface area contributed by atoms with Crippen molar-refractivity contribution in [1.82, 2.24) is 4.90 Å². The first-order valence-electron chi connectivity index (χ1n) is 11.5. The van der Waals surface area contributed by atoms with E-state index in [0.717, 1.165) is 27.6 Å². The van der Waals surface area contributed by atoms with Gasteiger partial charge in [-0.2, -0.15) is 0 Å². The van der Waals surface area contributed by atoms with Crippen molar-refractivity contribution < 1.29 is 19.1 Å². The number of benzene rings is 3. The highest BCUT2D eigenvalue weighted by Crippen LogP contribution is 2.32. The van der Waals surface area contributed by atoms with Crippen LogP contribution in [0, 0.1) is 3.57 Å². The fourth-order valence-electron chi connectivity index (χ4n) is 3.76. The van der Waals surface area contributed by atoms with E-state index in [-0.39, 0.29) is 23.3 Å². The van der Waals surface area contributed by atoms with E-state index in [1.807, 2.05) is 66.7 Å². The van der Waals surface area contributed by atoms with Crippen molar-refractivity contribution >= 4 is 79.5 Å². The van der Waals surface area contributed by atoms with Crippen molar-refractivity contribution in [2.45, 2.75) is 20.0 Å². The number of ether oxygens (including phenoxy) is 2. The molecule has 0 atom stereocenters. The molecule has 6 nitrogen and oxygen atoms in total. The lowest BCUT2D eigenvalue weighted by atomic mass is 10.1. The molecule has 190 valence electrons. The fourth-order valence-corrected chi connectivity index (χ4v) is 4.98. The maximum absolute atomic E-state index is 13.5. The quantitative estimate of drug-likeness (QED) is 0.119. The molecular weight excluding hydrogens is 667 g/mol. The van der Waals surface area contributed by atoms with Gasteiger partial charge >= 0.3 is 5.97 Å². The molecule has 0 saturated carbocycles. The summed E-state index contributed by atoms with van der Waals surface area (Å²) in [5.74, 6) is -0.129. The van der Waals surface area contributed by atoms with Crippen LogP contribution in [0.25, 0.3) is 6.08 Å². The Morgan fingerprint density at radius 1 is 1.05 bits per heavy atom. The predicted molar refractivity (Wildman–Crippen MR) is 160 cm³/mol. The monoisotopic (exact) mass is 690 g/mol. The molecule has 0 N–H and O–H groups in total. The molecule has 0 spiro atoms. The highest BCUT2D eigenvalue weighted by molar-refractivity contribution is 14.1. The first-order chi connectivity index (χ1) is 17.8. The van der Waals surface area contributed by atoms with Gasteiger partial charge in [0.15, 0.2) is 5.11 Å². The molecule has 3 aromatic carbocycles. The maximum atomic E-state index is 13.5. The van der Waals surface area contributed by atoms with Crippen molar-refractivity contribution in [3.63, 3.8) is 0 Å².